The Kier molecular flexibility index (Phi) is 5.37. The summed E-state index contributed by atoms with van der Waals surface area (Å²) in [4.78, 5) is 6.22. The van der Waals surface area contributed by atoms with E-state index in [9.17, 15) is 0 Å². The molecule has 0 spiro atoms. The van der Waals surface area contributed by atoms with Crippen LogP contribution in [0.5, 0.6) is 0 Å². The van der Waals surface area contributed by atoms with E-state index >= 15 is 0 Å². The van der Waals surface area contributed by atoms with Crippen LogP contribution >= 0.6 is 11.3 Å². The zero-order valence-electron chi connectivity index (χ0n) is 12.5. The summed E-state index contributed by atoms with van der Waals surface area (Å²) in [7, 11) is 0. The summed E-state index contributed by atoms with van der Waals surface area (Å²) < 4.78 is 5.87. The molecule has 1 aromatic rings. The third-order valence-electron chi connectivity index (χ3n) is 3.45. The number of thiazole rings is 1. The smallest absolute Gasteiger partial charge is 0.122 e. The quantitative estimate of drug-likeness (QED) is 0.789. The highest BCUT2D eigenvalue weighted by atomic mass is 32.1. The normalized spacial score (nSPS) is 17.1. The summed E-state index contributed by atoms with van der Waals surface area (Å²) in [5, 5.41) is 4.74. The lowest BCUT2D eigenvalue weighted by Gasteiger charge is -2.18. The maximum absolute atomic E-state index is 5.87. The Hall–Kier alpha value is -0.450. The van der Waals surface area contributed by atoms with Crippen molar-refractivity contribution >= 4 is 11.3 Å². The topological polar surface area (TPSA) is 34.1 Å². The van der Waals surface area contributed by atoms with Gasteiger partial charge < -0.3 is 10.1 Å². The van der Waals surface area contributed by atoms with Crippen molar-refractivity contribution in [3.63, 3.8) is 0 Å². The largest absolute Gasteiger partial charge is 0.371 e. The van der Waals surface area contributed by atoms with Crippen LogP contribution in [0.4, 0.5) is 0 Å². The van der Waals surface area contributed by atoms with E-state index < -0.39 is 0 Å². The van der Waals surface area contributed by atoms with E-state index in [0.717, 1.165) is 30.6 Å². The second-order valence-electron chi connectivity index (χ2n) is 5.55. The molecule has 1 saturated carbocycles. The van der Waals surface area contributed by atoms with E-state index in [1.54, 1.807) is 0 Å². The summed E-state index contributed by atoms with van der Waals surface area (Å²) in [5.74, 6) is 0.472. The van der Waals surface area contributed by atoms with Gasteiger partial charge in [0.15, 0.2) is 0 Å². The number of nitrogens with one attached hydrogen (secondary N) is 1. The maximum atomic E-state index is 5.87. The number of aryl methyl sites for hydroxylation is 1. The maximum Gasteiger partial charge on any atom is 0.122 e. The summed E-state index contributed by atoms with van der Waals surface area (Å²) in [6, 6.07) is 0.753. The molecule has 1 fully saturated rings. The number of aromatic nitrogens is 1. The summed E-state index contributed by atoms with van der Waals surface area (Å²) in [6.45, 7) is 10.4. The fraction of sp³-hybridized carbons (Fsp3) is 0.800. The van der Waals surface area contributed by atoms with E-state index in [2.05, 4.69) is 33.0 Å². The lowest BCUT2D eigenvalue weighted by molar-refractivity contribution is 0.0292. The van der Waals surface area contributed by atoms with Crippen molar-refractivity contribution in [1.82, 2.24) is 10.3 Å². The van der Waals surface area contributed by atoms with Gasteiger partial charge in [-0.05, 0) is 32.1 Å². The highest BCUT2D eigenvalue weighted by Crippen LogP contribution is 2.32. The van der Waals surface area contributed by atoms with Gasteiger partial charge >= 0.3 is 0 Å². The molecule has 1 heterocycles. The first-order valence-electron chi connectivity index (χ1n) is 7.49. The molecule has 4 heteroatoms. The van der Waals surface area contributed by atoms with Crippen LogP contribution in [0.3, 0.4) is 0 Å². The van der Waals surface area contributed by atoms with Crippen molar-refractivity contribution in [2.45, 2.75) is 65.6 Å². The number of rotatable bonds is 8. The fourth-order valence-corrected chi connectivity index (χ4v) is 3.52. The van der Waals surface area contributed by atoms with Crippen molar-refractivity contribution in [2.24, 2.45) is 5.92 Å². The highest BCUT2D eigenvalue weighted by Gasteiger charge is 2.24. The molecular formula is C15H26N2OS. The van der Waals surface area contributed by atoms with E-state index in [1.807, 2.05) is 11.3 Å². The predicted molar refractivity (Wildman–Crippen MR) is 80.6 cm³/mol. The Morgan fingerprint density at radius 3 is 2.63 bits per heavy atom. The Morgan fingerprint density at radius 2 is 2.11 bits per heavy atom. The van der Waals surface area contributed by atoms with Crippen molar-refractivity contribution in [3.05, 3.63) is 15.6 Å². The molecule has 1 aliphatic carbocycles. The van der Waals surface area contributed by atoms with Gasteiger partial charge in [0.05, 0.1) is 5.69 Å². The van der Waals surface area contributed by atoms with Crippen LogP contribution in [0, 0.1) is 5.92 Å². The average molecular weight is 282 g/mol. The molecule has 0 aromatic carbocycles. The van der Waals surface area contributed by atoms with Gasteiger partial charge in [0.1, 0.15) is 11.1 Å². The van der Waals surface area contributed by atoms with Gasteiger partial charge in [-0.1, -0.05) is 20.8 Å². The number of hydrogen-bond donors (Lipinski definition) is 1. The number of nitrogens with zero attached hydrogens (tertiary/aromatic N) is 1. The number of hydrogen-bond acceptors (Lipinski definition) is 4. The minimum atomic E-state index is 0.148. The SMILES string of the molecule is CCOC(c1nc(CC)c(CNC2CC2)s1)C(C)C. The van der Waals surface area contributed by atoms with Gasteiger partial charge in [-0.15, -0.1) is 11.3 Å². The Labute approximate surface area is 120 Å². The van der Waals surface area contributed by atoms with Gasteiger partial charge in [-0.25, -0.2) is 4.98 Å². The van der Waals surface area contributed by atoms with Crippen LogP contribution < -0.4 is 5.32 Å². The van der Waals surface area contributed by atoms with Crippen molar-refractivity contribution < 1.29 is 4.74 Å². The minimum Gasteiger partial charge on any atom is -0.371 e. The second kappa shape index (κ2) is 6.82. The third-order valence-corrected chi connectivity index (χ3v) is 4.61. The van der Waals surface area contributed by atoms with Crippen molar-refractivity contribution in [2.75, 3.05) is 6.61 Å². The zero-order chi connectivity index (χ0) is 13.8. The molecule has 1 atom stereocenters. The second-order valence-corrected chi connectivity index (χ2v) is 6.67. The van der Waals surface area contributed by atoms with Gasteiger partial charge in [0.2, 0.25) is 0 Å². The van der Waals surface area contributed by atoms with Gasteiger partial charge in [-0.2, -0.15) is 0 Å². The van der Waals surface area contributed by atoms with Crippen LogP contribution in [-0.2, 0) is 17.7 Å². The standard InChI is InChI=1S/C15H26N2OS/c1-5-12-13(9-16-11-7-8-11)19-15(17-12)14(10(3)4)18-6-2/h10-11,14,16H,5-9H2,1-4H3. The molecule has 1 N–H and O–H groups in total. The summed E-state index contributed by atoms with van der Waals surface area (Å²) >= 11 is 1.83. The van der Waals surface area contributed by atoms with Crippen LogP contribution in [-0.4, -0.2) is 17.6 Å². The van der Waals surface area contributed by atoms with E-state index in [-0.39, 0.29) is 6.10 Å². The van der Waals surface area contributed by atoms with Crippen molar-refractivity contribution in [1.29, 1.82) is 0 Å². The minimum absolute atomic E-state index is 0.148. The molecule has 0 aliphatic heterocycles. The molecule has 0 radical (unpaired) electrons. The molecule has 0 bridgehead atoms. The fourth-order valence-electron chi connectivity index (χ4n) is 2.19. The molecule has 3 nitrogen and oxygen atoms in total. The Balaban J connectivity index is 2.10. The summed E-state index contributed by atoms with van der Waals surface area (Å²) in [6.07, 6.45) is 3.83. The molecule has 108 valence electrons. The molecule has 1 aromatic heterocycles. The van der Waals surface area contributed by atoms with Crippen LogP contribution in [0.1, 0.15) is 62.2 Å². The number of ether oxygens (including phenoxy) is 1. The summed E-state index contributed by atoms with van der Waals surface area (Å²) in [5.41, 5.74) is 1.25. The average Bonchev–Trinajstić information content (AvgIpc) is 3.13. The molecule has 2 rings (SSSR count). The first-order valence-corrected chi connectivity index (χ1v) is 8.30. The van der Waals surface area contributed by atoms with Gasteiger partial charge in [0, 0.05) is 24.1 Å². The van der Waals surface area contributed by atoms with E-state index in [1.165, 1.54) is 23.4 Å². The predicted octanol–water partition coefficient (Wildman–Crippen LogP) is 3.69. The zero-order valence-corrected chi connectivity index (χ0v) is 13.3. The van der Waals surface area contributed by atoms with Crippen molar-refractivity contribution in [3.8, 4) is 0 Å². The highest BCUT2D eigenvalue weighted by molar-refractivity contribution is 7.11. The Morgan fingerprint density at radius 1 is 1.37 bits per heavy atom. The van der Waals surface area contributed by atoms with Crippen LogP contribution in [0.15, 0.2) is 0 Å². The molecule has 0 saturated heterocycles. The van der Waals surface area contributed by atoms with Crippen LogP contribution in [0.25, 0.3) is 0 Å². The lowest BCUT2D eigenvalue weighted by atomic mass is 10.1. The van der Waals surface area contributed by atoms with E-state index in [0.29, 0.717) is 5.92 Å². The van der Waals surface area contributed by atoms with E-state index in [4.69, 9.17) is 9.72 Å². The van der Waals surface area contributed by atoms with Crippen LogP contribution in [0.2, 0.25) is 0 Å². The monoisotopic (exact) mass is 282 g/mol. The first kappa shape index (κ1) is 14.9. The van der Waals surface area contributed by atoms with Gasteiger partial charge in [0.25, 0.3) is 0 Å². The molecule has 19 heavy (non-hydrogen) atoms. The third kappa shape index (κ3) is 4.01. The molecule has 1 aliphatic rings. The Bertz CT molecular complexity index is 399. The first-order chi connectivity index (χ1) is 9.15. The molecule has 0 amide bonds. The molecular weight excluding hydrogens is 256 g/mol. The molecule has 1 unspecified atom stereocenters. The van der Waals surface area contributed by atoms with Gasteiger partial charge in [-0.3, -0.25) is 0 Å². The lowest BCUT2D eigenvalue weighted by Crippen LogP contribution is -2.15.